The average molecular weight is 367 g/mol. The number of rotatable bonds is 8. The Balaban J connectivity index is 1.96. The fourth-order valence-electron chi connectivity index (χ4n) is 3.16. The third-order valence-corrected chi connectivity index (χ3v) is 4.57. The fraction of sp³-hybridized carbons (Fsp3) is 0.333. The van der Waals surface area contributed by atoms with E-state index in [1.165, 1.54) is 0 Å². The van der Waals surface area contributed by atoms with Crippen molar-refractivity contribution in [3.63, 3.8) is 0 Å². The lowest BCUT2D eigenvalue weighted by molar-refractivity contribution is -0.121. The number of fused-ring (bicyclic) bond motifs is 1. The first kappa shape index (κ1) is 18.9. The maximum atomic E-state index is 12.5. The van der Waals surface area contributed by atoms with Crippen molar-refractivity contribution in [2.24, 2.45) is 0 Å². The van der Waals surface area contributed by atoms with Crippen molar-refractivity contribution in [3.05, 3.63) is 65.6 Å². The number of ether oxygens (including phenoxy) is 2. The molecule has 142 valence electrons. The monoisotopic (exact) mass is 367 g/mol. The van der Waals surface area contributed by atoms with Crippen molar-refractivity contribution in [3.8, 4) is 5.75 Å². The number of benzene rings is 1. The molecule has 3 rings (SSSR count). The minimum atomic E-state index is -0.139. The normalized spacial score (nSPS) is 12.1. The maximum Gasteiger partial charge on any atom is 0.221 e. The Morgan fingerprint density at radius 3 is 2.89 bits per heavy atom. The number of nitrogens with zero attached hydrogens (tertiary/aromatic N) is 2. The van der Waals surface area contributed by atoms with Gasteiger partial charge in [0.15, 0.2) is 0 Å². The van der Waals surface area contributed by atoms with E-state index in [1.807, 2.05) is 60.1 Å². The summed E-state index contributed by atoms with van der Waals surface area (Å²) in [7, 11) is 3.26. The number of aryl methyl sites for hydroxylation is 1. The molecule has 27 heavy (non-hydrogen) atoms. The van der Waals surface area contributed by atoms with Crippen LogP contribution in [0.3, 0.4) is 0 Å². The topological polar surface area (TPSA) is 64.9 Å². The number of aromatic nitrogens is 2. The van der Waals surface area contributed by atoms with Gasteiger partial charge < -0.3 is 19.2 Å². The van der Waals surface area contributed by atoms with Crippen molar-refractivity contribution < 1.29 is 14.3 Å². The van der Waals surface area contributed by atoms with Crippen molar-refractivity contribution in [1.29, 1.82) is 0 Å². The third kappa shape index (κ3) is 4.46. The Bertz CT molecular complexity index is 920. The van der Waals surface area contributed by atoms with Crippen LogP contribution in [0.4, 0.5) is 0 Å². The van der Waals surface area contributed by atoms with Gasteiger partial charge in [0.25, 0.3) is 0 Å². The Morgan fingerprint density at radius 2 is 2.11 bits per heavy atom. The van der Waals surface area contributed by atoms with Gasteiger partial charge >= 0.3 is 0 Å². The number of carbonyl (C=O) groups is 1. The minimum absolute atomic E-state index is 0.0260. The lowest BCUT2D eigenvalue weighted by Crippen LogP contribution is -2.28. The van der Waals surface area contributed by atoms with Gasteiger partial charge in [-0.05, 0) is 42.3 Å². The van der Waals surface area contributed by atoms with Crippen LogP contribution in [0.15, 0.2) is 48.8 Å². The highest BCUT2D eigenvalue weighted by Gasteiger charge is 2.22. The van der Waals surface area contributed by atoms with E-state index in [1.54, 1.807) is 14.2 Å². The van der Waals surface area contributed by atoms with E-state index in [0.717, 1.165) is 28.2 Å². The Hall–Kier alpha value is -2.86. The molecule has 0 aliphatic rings. The van der Waals surface area contributed by atoms with E-state index in [0.29, 0.717) is 19.6 Å². The second-order valence-corrected chi connectivity index (χ2v) is 6.49. The predicted molar refractivity (Wildman–Crippen MR) is 104 cm³/mol. The first-order valence-corrected chi connectivity index (χ1v) is 8.95. The summed E-state index contributed by atoms with van der Waals surface area (Å²) in [5.41, 5.74) is 4.01. The molecule has 1 unspecified atom stereocenters. The zero-order valence-corrected chi connectivity index (χ0v) is 15.9. The molecule has 1 atom stereocenters. The number of carbonyl (C=O) groups excluding carboxylic acids is 1. The number of methoxy groups -OCH3 is 2. The highest BCUT2D eigenvalue weighted by atomic mass is 16.5. The van der Waals surface area contributed by atoms with Crippen LogP contribution in [0.2, 0.25) is 0 Å². The highest BCUT2D eigenvalue weighted by molar-refractivity contribution is 5.77. The molecule has 0 aliphatic carbocycles. The van der Waals surface area contributed by atoms with Crippen molar-refractivity contribution >= 4 is 11.6 Å². The van der Waals surface area contributed by atoms with Crippen molar-refractivity contribution in [2.75, 3.05) is 27.4 Å². The Labute approximate surface area is 159 Å². The summed E-state index contributed by atoms with van der Waals surface area (Å²) in [6, 6.07) is 11.9. The summed E-state index contributed by atoms with van der Waals surface area (Å²) in [6.07, 6.45) is 4.17. The molecule has 0 radical (unpaired) electrons. The molecule has 0 saturated heterocycles. The number of hydrogen-bond donors (Lipinski definition) is 1. The van der Waals surface area contributed by atoms with Crippen LogP contribution in [0.25, 0.3) is 5.65 Å². The molecule has 0 aliphatic heterocycles. The highest BCUT2D eigenvalue weighted by Crippen LogP contribution is 2.31. The van der Waals surface area contributed by atoms with Gasteiger partial charge in [0, 0.05) is 38.4 Å². The van der Waals surface area contributed by atoms with Gasteiger partial charge in [-0.2, -0.15) is 0 Å². The second-order valence-electron chi connectivity index (χ2n) is 6.49. The lowest BCUT2D eigenvalue weighted by Gasteiger charge is -2.18. The van der Waals surface area contributed by atoms with E-state index in [2.05, 4.69) is 10.3 Å². The maximum absolute atomic E-state index is 12.5. The predicted octanol–water partition coefficient (Wildman–Crippen LogP) is 2.94. The van der Waals surface area contributed by atoms with Gasteiger partial charge in [0.05, 0.1) is 19.4 Å². The van der Waals surface area contributed by atoms with Gasteiger partial charge in [0.1, 0.15) is 11.4 Å². The summed E-state index contributed by atoms with van der Waals surface area (Å²) in [5, 5.41) is 2.91. The number of nitrogens with one attached hydrogen (secondary N) is 1. The van der Waals surface area contributed by atoms with Crippen LogP contribution in [-0.2, 0) is 9.53 Å². The van der Waals surface area contributed by atoms with Crippen LogP contribution in [-0.4, -0.2) is 42.7 Å². The van der Waals surface area contributed by atoms with Gasteiger partial charge in [-0.15, -0.1) is 0 Å². The van der Waals surface area contributed by atoms with Crippen LogP contribution < -0.4 is 10.1 Å². The van der Waals surface area contributed by atoms with E-state index >= 15 is 0 Å². The summed E-state index contributed by atoms with van der Waals surface area (Å²) in [4.78, 5) is 17.0. The van der Waals surface area contributed by atoms with Crippen LogP contribution >= 0.6 is 0 Å². The quantitative estimate of drug-likeness (QED) is 0.622. The molecule has 0 fully saturated rings. The molecule has 6 heteroatoms. The number of amides is 1. The SMILES string of the molecule is COCCNC(=O)CC(c1cccc(OC)c1)c1cnc2cc(C)ccn12. The summed E-state index contributed by atoms with van der Waals surface area (Å²) in [6.45, 7) is 3.02. The van der Waals surface area contributed by atoms with E-state index < -0.39 is 0 Å². The molecule has 1 N–H and O–H groups in total. The molecular weight excluding hydrogens is 342 g/mol. The zero-order valence-electron chi connectivity index (χ0n) is 15.9. The molecule has 2 heterocycles. The fourth-order valence-corrected chi connectivity index (χ4v) is 3.16. The molecular formula is C21H25N3O3. The largest absolute Gasteiger partial charge is 0.497 e. The number of hydrogen-bond acceptors (Lipinski definition) is 4. The van der Waals surface area contributed by atoms with Gasteiger partial charge in [-0.3, -0.25) is 4.79 Å². The van der Waals surface area contributed by atoms with E-state index in [4.69, 9.17) is 9.47 Å². The molecule has 1 amide bonds. The summed E-state index contributed by atoms with van der Waals surface area (Å²) >= 11 is 0. The van der Waals surface area contributed by atoms with E-state index in [-0.39, 0.29) is 11.8 Å². The number of pyridine rings is 1. The van der Waals surface area contributed by atoms with Gasteiger partial charge in [0.2, 0.25) is 5.91 Å². The lowest BCUT2D eigenvalue weighted by atomic mass is 9.92. The molecule has 1 aromatic carbocycles. The molecule has 0 bridgehead atoms. The summed E-state index contributed by atoms with van der Waals surface area (Å²) < 4.78 is 12.4. The second kappa shape index (κ2) is 8.68. The Morgan fingerprint density at radius 1 is 1.26 bits per heavy atom. The average Bonchev–Trinajstić information content (AvgIpc) is 3.09. The zero-order chi connectivity index (χ0) is 19.2. The standard InChI is InChI=1S/C21H25N3O3/c1-15-7-9-24-19(14-23-20(24)11-15)18(13-21(25)22-8-10-26-2)16-5-4-6-17(12-16)27-3/h4-7,9,11-12,14,18H,8,10,13H2,1-3H3,(H,22,25). The Kier molecular flexibility index (Phi) is 6.08. The van der Waals surface area contributed by atoms with Crippen LogP contribution in [0, 0.1) is 6.92 Å². The third-order valence-electron chi connectivity index (χ3n) is 4.57. The van der Waals surface area contributed by atoms with Gasteiger partial charge in [-0.25, -0.2) is 4.98 Å². The van der Waals surface area contributed by atoms with Crippen molar-refractivity contribution in [1.82, 2.24) is 14.7 Å². The van der Waals surface area contributed by atoms with Crippen LogP contribution in [0.5, 0.6) is 5.75 Å². The minimum Gasteiger partial charge on any atom is -0.497 e. The number of imidazole rings is 1. The molecule has 0 spiro atoms. The molecule has 2 aromatic heterocycles. The van der Waals surface area contributed by atoms with E-state index in [9.17, 15) is 4.79 Å². The molecule has 0 saturated carbocycles. The smallest absolute Gasteiger partial charge is 0.221 e. The van der Waals surface area contributed by atoms with Crippen LogP contribution in [0.1, 0.15) is 29.2 Å². The first-order valence-electron chi connectivity index (χ1n) is 8.95. The van der Waals surface area contributed by atoms with Crippen molar-refractivity contribution in [2.45, 2.75) is 19.3 Å². The van der Waals surface area contributed by atoms with Gasteiger partial charge in [-0.1, -0.05) is 12.1 Å². The molecule has 6 nitrogen and oxygen atoms in total. The molecule has 3 aromatic rings. The first-order chi connectivity index (χ1) is 13.1. The summed E-state index contributed by atoms with van der Waals surface area (Å²) in [5.74, 6) is 0.601.